The highest BCUT2D eigenvalue weighted by molar-refractivity contribution is 7.91. The molecule has 0 aromatic heterocycles. The van der Waals surface area contributed by atoms with Crippen molar-refractivity contribution >= 4 is 21.7 Å². The van der Waals surface area contributed by atoms with Crippen molar-refractivity contribution in [1.29, 1.82) is 0 Å². The first-order chi connectivity index (χ1) is 10.3. The number of aromatic carboxylic acids is 1. The fourth-order valence-corrected chi connectivity index (χ4v) is 4.35. The number of carbonyl (C=O) groups excluding carboxylic acids is 1. The summed E-state index contributed by atoms with van der Waals surface area (Å²) in [6.07, 6.45) is 1.80. The van der Waals surface area contributed by atoms with E-state index in [1.807, 2.05) is 0 Å². The highest BCUT2D eigenvalue weighted by Gasteiger charge is 2.32. The Bertz CT molecular complexity index is 683. The van der Waals surface area contributed by atoms with Crippen LogP contribution in [-0.4, -0.2) is 48.6 Å². The van der Waals surface area contributed by atoms with Crippen LogP contribution in [-0.2, 0) is 14.6 Å². The average Bonchev–Trinajstić information content (AvgIpc) is 2.94. The summed E-state index contributed by atoms with van der Waals surface area (Å²) in [6.45, 7) is 2.34. The molecule has 1 aromatic carbocycles. The van der Waals surface area contributed by atoms with Crippen molar-refractivity contribution in [2.75, 3.05) is 12.3 Å². The zero-order chi connectivity index (χ0) is 16.3. The zero-order valence-electron chi connectivity index (χ0n) is 12.4. The second-order valence-corrected chi connectivity index (χ2v) is 7.39. The average molecular weight is 325 g/mol. The van der Waals surface area contributed by atoms with Crippen LogP contribution in [0.2, 0.25) is 0 Å². The molecule has 1 aromatic rings. The Balaban J connectivity index is 2.22. The first-order valence-corrected chi connectivity index (χ1v) is 8.86. The molecule has 1 amide bonds. The molecule has 2 rings (SSSR count). The fourth-order valence-electron chi connectivity index (χ4n) is 2.71. The Morgan fingerprint density at radius 1 is 1.36 bits per heavy atom. The van der Waals surface area contributed by atoms with Crippen molar-refractivity contribution in [3.63, 3.8) is 0 Å². The van der Waals surface area contributed by atoms with Gasteiger partial charge >= 0.3 is 5.97 Å². The maximum absolute atomic E-state index is 12.5. The molecule has 0 spiro atoms. The van der Waals surface area contributed by atoms with E-state index in [0.717, 1.165) is 6.42 Å². The van der Waals surface area contributed by atoms with Gasteiger partial charge in [-0.1, -0.05) is 13.0 Å². The Morgan fingerprint density at radius 2 is 2.09 bits per heavy atom. The van der Waals surface area contributed by atoms with Crippen LogP contribution in [0.25, 0.3) is 0 Å². The third kappa shape index (κ3) is 3.47. The van der Waals surface area contributed by atoms with Crippen LogP contribution >= 0.6 is 0 Å². The van der Waals surface area contributed by atoms with Crippen molar-refractivity contribution in [2.45, 2.75) is 37.1 Å². The zero-order valence-corrected chi connectivity index (χ0v) is 13.2. The lowest BCUT2D eigenvalue weighted by atomic mass is 10.2. The molecule has 1 aliphatic rings. The van der Waals surface area contributed by atoms with Crippen LogP contribution in [0.4, 0.5) is 0 Å². The highest BCUT2D eigenvalue weighted by atomic mass is 32.2. The molecule has 120 valence electrons. The van der Waals surface area contributed by atoms with Gasteiger partial charge in [-0.3, -0.25) is 4.79 Å². The van der Waals surface area contributed by atoms with E-state index in [1.54, 1.807) is 11.8 Å². The molecule has 0 unspecified atom stereocenters. The van der Waals surface area contributed by atoms with E-state index in [0.29, 0.717) is 19.4 Å². The predicted octanol–water partition coefficient (Wildman–Crippen LogP) is 1.56. The SMILES string of the molecule is CCC(=O)N1CCC[C@H]1CS(=O)(=O)c1cccc(C(=O)O)c1. The summed E-state index contributed by atoms with van der Waals surface area (Å²) in [5, 5.41) is 8.96. The summed E-state index contributed by atoms with van der Waals surface area (Å²) < 4.78 is 25.0. The summed E-state index contributed by atoms with van der Waals surface area (Å²) in [7, 11) is -3.63. The molecule has 1 atom stereocenters. The van der Waals surface area contributed by atoms with Crippen molar-refractivity contribution < 1.29 is 23.1 Å². The number of carboxylic acids is 1. The minimum absolute atomic E-state index is 0.0109. The number of amides is 1. The molecule has 22 heavy (non-hydrogen) atoms. The van der Waals surface area contributed by atoms with Crippen LogP contribution in [0.5, 0.6) is 0 Å². The third-order valence-corrected chi connectivity index (χ3v) is 5.65. The largest absolute Gasteiger partial charge is 0.478 e. The van der Waals surface area contributed by atoms with Crippen LogP contribution in [0.1, 0.15) is 36.5 Å². The van der Waals surface area contributed by atoms with Crippen molar-refractivity contribution in [1.82, 2.24) is 4.90 Å². The summed E-state index contributed by atoms with van der Waals surface area (Å²) in [6, 6.07) is 5.00. The van der Waals surface area contributed by atoms with Gasteiger partial charge in [-0.25, -0.2) is 13.2 Å². The van der Waals surface area contributed by atoms with Gasteiger partial charge in [0.25, 0.3) is 0 Å². The molecule has 1 heterocycles. The molecule has 0 saturated carbocycles. The van der Waals surface area contributed by atoms with Gasteiger partial charge in [0.15, 0.2) is 9.84 Å². The van der Waals surface area contributed by atoms with Crippen LogP contribution in [0, 0.1) is 0 Å². The Hall–Kier alpha value is -1.89. The molecular formula is C15H19NO5S. The van der Waals surface area contributed by atoms with Gasteiger partial charge in [0, 0.05) is 19.0 Å². The van der Waals surface area contributed by atoms with E-state index in [9.17, 15) is 18.0 Å². The van der Waals surface area contributed by atoms with E-state index in [1.165, 1.54) is 24.3 Å². The summed E-state index contributed by atoms with van der Waals surface area (Å²) in [4.78, 5) is 24.4. The lowest BCUT2D eigenvalue weighted by molar-refractivity contribution is -0.131. The van der Waals surface area contributed by atoms with Gasteiger partial charge in [-0.15, -0.1) is 0 Å². The van der Waals surface area contributed by atoms with E-state index in [-0.39, 0.29) is 28.2 Å². The molecule has 0 bridgehead atoms. The van der Waals surface area contributed by atoms with E-state index in [4.69, 9.17) is 5.11 Å². The van der Waals surface area contributed by atoms with E-state index >= 15 is 0 Å². The Kier molecular flexibility index (Phi) is 4.85. The molecule has 0 radical (unpaired) electrons. The van der Waals surface area contributed by atoms with Crippen LogP contribution < -0.4 is 0 Å². The number of hydrogen-bond acceptors (Lipinski definition) is 4. The number of hydrogen-bond donors (Lipinski definition) is 1. The molecular weight excluding hydrogens is 306 g/mol. The van der Waals surface area contributed by atoms with Crippen molar-refractivity contribution in [3.05, 3.63) is 29.8 Å². The Labute approximate surface area is 129 Å². The van der Waals surface area contributed by atoms with Crippen LogP contribution in [0.3, 0.4) is 0 Å². The first kappa shape index (κ1) is 16.5. The number of sulfone groups is 1. The molecule has 1 saturated heterocycles. The van der Waals surface area contributed by atoms with Gasteiger partial charge in [-0.2, -0.15) is 0 Å². The van der Waals surface area contributed by atoms with Gasteiger partial charge in [-0.05, 0) is 31.0 Å². The molecule has 6 nitrogen and oxygen atoms in total. The second kappa shape index (κ2) is 6.48. The standard InChI is InChI=1S/C15H19NO5S/c1-2-14(17)16-8-4-6-12(16)10-22(20,21)13-7-3-5-11(9-13)15(18)19/h3,5,7,9,12H,2,4,6,8,10H2,1H3,(H,18,19)/t12-/m0/s1. The quantitative estimate of drug-likeness (QED) is 0.887. The number of carbonyl (C=O) groups is 2. The lowest BCUT2D eigenvalue weighted by Crippen LogP contribution is -2.39. The fraction of sp³-hybridized carbons (Fsp3) is 0.467. The predicted molar refractivity (Wildman–Crippen MR) is 80.5 cm³/mol. The normalized spacial score (nSPS) is 18.4. The van der Waals surface area contributed by atoms with Crippen molar-refractivity contribution in [2.24, 2.45) is 0 Å². The topological polar surface area (TPSA) is 91.8 Å². The number of carboxylic acid groups (broad SMARTS) is 1. The van der Waals surface area contributed by atoms with Gasteiger partial charge in [0.2, 0.25) is 5.91 Å². The molecule has 0 aliphatic carbocycles. The Morgan fingerprint density at radius 3 is 2.73 bits per heavy atom. The molecule has 7 heteroatoms. The number of rotatable bonds is 5. The van der Waals surface area contributed by atoms with E-state index in [2.05, 4.69) is 0 Å². The van der Waals surface area contributed by atoms with Gasteiger partial charge in [0.1, 0.15) is 0 Å². The third-order valence-electron chi connectivity index (χ3n) is 3.85. The minimum Gasteiger partial charge on any atom is -0.478 e. The maximum Gasteiger partial charge on any atom is 0.335 e. The molecule has 1 fully saturated rings. The number of likely N-dealkylation sites (tertiary alicyclic amines) is 1. The summed E-state index contributed by atoms with van der Waals surface area (Å²) >= 11 is 0. The smallest absolute Gasteiger partial charge is 0.335 e. The lowest BCUT2D eigenvalue weighted by Gasteiger charge is -2.24. The number of nitrogens with zero attached hydrogens (tertiary/aromatic N) is 1. The second-order valence-electron chi connectivity index (χ2n) is 5.35. The molecule has 1 N–H and O–H groups in total. The summed E-state index contributed by atoms with van der Waals surface area (Å²) in [5.74, 6) is -1.38. The maximum atomic E-state index is 12.5. The first-order valence-electron chi connectivity index (χ1n) is 7.20. The monoisotopic (exact) mass is 325 g/mol. The van der Waals surface area contributed by atoms with E-state index < -0.39 is 15.8 Å². The van der Waals surface area contributed by atoms with Gasteiger partial charge in [0.05, 0.1) is 16.2 Å². The van der Waals surface area contributed by atoms with Crippen molar-refractivity contribution in [3.8, 4) is 0 Å². The highest BCUT2D eigenvalue weighted by Crippen LogP contribution is 2.23. The number of benzene rings is 1. The van der Waals surface area contributed by atoms with Gasteiger partial charge < -0.3 is 10.0 Å². The minimum atomic E-state index is -3.63. The van der Waals surface area contributed by atoms with Crippen LogP contribution in [0.15, 0.2) is 29.2 Å². The molecule has 1 aliphatic heterocycles. The summed E-state index contributed by atoms with van der Waals surface area (Å²) in [5.41, 5.74) is -0.0611.